The van der Waals surface area contributed by atoms with Crippen LogP contribution in [-0.2, 0) is 0 Å². The maximum absolute atomic E-state index is 5.79. The van der Waals surface area contributed by atoms with Crippen molar-refractivity contribution in [2.24, 2.45) is 11.7 Å². The van der Waals surface area contributed by atoms with Crippen molar-refractivity contribution in [3.8, 4) is 0 Å². The molecule has 1 saturated carbocycles. The second-order valence-electron chi connectivity index (χ2n) is 2.79. The van der Waals surface area contributed by atoms with Crippen LogP contribution in [0.4, 0.5) is 0 Å². The van der Waals surface area contributed by atoms with Gasteiger partial charge in [-0.1, -0.05) is 13.3 Å². The van der Waals surface area contributed by atoms with E-state index in [1.807, 2.05) is 0 Å². The molecule has 0 aromatic carbocycles. The minimum atomic E-state index is 0.528. The van der Waals surface area contributed by atoms with Gasteiger partial charge in [-0.2, -0.15) is 0 Å². The van der Waals surface area contributed by atoms with Gasteiger partial charge in [-0.05, 0) is 25.2 Å². The van der Waals surface area contributed by atoms with Gasteiger partial charge in [0.15, 0.2) is 0 Å². The summed E-state index contributed by atoms with van der Waals surface area (Å²) in [6, 6.07) is 0.528. The van der Waals surface area contributed by atoms with Crippen molar-refractivity contribution in [3.63, 3.8) is 0 Å². The largest absolute Gasteiger partial charge is 0.327 e. The third kappa shape index (κ3) is 1.48. The second kappa shape index (κ2) is 2.49. The first-order valence-corrected chi connectivity index (χ1v) is 3.60. The number of hydrogen-bond acceptors (Lipinski definition) is 1. The second-order valence-corrected chi connectivity index (χ2v) is 2.79. The quantitative estimate of drug-likeness (QED) is 0.590. The van der Waals surface area contributed by atoms with Crippen molar-refractivity contribution in [1.29, 1.82) is 0 Å². The van der Waals surface area contributed by atoms with Gasteiger partial charge in [-0.3, -0.25) is 0 Å². The van der Waals surface area contributed by atoms with Gasteiger partial charge in [0, 0.05) is 6.04 Å². The van der Waals surface area contributed by atoms with Crippen LogP contribution in [0, 0.1) is 5.92 Å². The molecule has 0 aliphatic heterocycles. The molecule has 0 aromatic heterocycles. The average Bonchev–Trinajstić information content (AvgIpc) is 2.45. The van der Waals surface area contributed by atoms with E-state index in [4.69, 9.17) is 5.73 Å². The Labute approximate surface area is 51.3 Å². The summed E-state index contributed by atoms with van der Waals surface area (Å²) in [5.41, 5.74) is 5.79. The van der Waals surface area contributed by atoms with E-state index >= 15 is 0 Å². The van der Waals surface area contributed by atoms with Crippen molar-refractivity contribution in [1.82, 2.24) is 0 Å². The number of hydrogen-bond donors (Lipinski definition) is 1. The fraction of sp³-hybridized carbons (Fsp3) is 1.00. The number of rotatable bonds is 3. The molecular formula is C7H15N. The Hall–Kier alpha value is -0.0400. The van der Waals surface area contributed by atoms with Gasteiger partial charge < -0.3 is 5.73 Å². The Bertz CT molecular complexity index is 66.8. The minimum absolute atomic E-state index is 0.528. The van der Waals surface area contributed by atoms with E-state index in [1.54, 1.807) is 0 Å². The molecule has 0 bridgehead atoms. The molecule has 1 fully saturated rings. The molecule has 0 spiro atoms. The molecule has 1 heteroatoms. The van der Waals surface area contributed by atoms with Crippen LogP contribution in [0.5, 0.6) is 0 Å². The van der Waals surface area contributed by atoms with Gasteiger partial charge in [0.2, 0.25) is 0 Å². The van der Waals surface area contributed by atoms with Gasteiger partial charge in [0.25, 0.3) is 0 Å². The molecule has 1 aliphatic carbocycles. The molecule has 8 heavy (non-hydrogen) atoms. The van der Waals surface area contributed by atoms with Crippen LogP contribution < -0.4 is 5.73 Å². The fourth-order valence-electron chi connectivity index (χ4n) is 1.09. The van der Waals surface area contributed by atoms with Crippen LogP contribution in [0.3, 0.4) is 0 Å². The third-order valence-electron chi connectivity index (χ3n) is 1.85. The Balaban J connectivity index is 2.03. The zero-order valence-electron chi connectivity index (χ0n) is 5.56. The molecule has 0 unspecified atom stereocenters. The number of nitrogens with two attached hydrogens (primary N) is 1. The Morgan fingerprint density at radius 2 is 2.25 bits per heavy atom. The Morgan fingerprint density at radius 1 is 1.62 bits per heavy atom. The lowest BCUT2D eigenvalue weighted by Crippen LogP contribution is -2.21. The van der Waals surface area contributed by atoms with Crippen molar-refractivity contribution in [2.75, 3.05) is 0 Å². The monoisotopic (exact) mass is 113 g/mol. The van der Waals surface area contributed by atoms with Crippen LogP contribution in [0.2, 0.25) is 0 Å². The highest BCUT2D eigenvalue weighted by Crippen LogP contribution is 2.32. The lowest BCUT2D eigenvalue weighted by molar-refractivity contribution is 0.543. The lowest BCUT2D eigenvalue weighted by Gasteiger charge is -2.05. The average molecular weight is 113 g/mol. The molecule has 0 amide bonds. The molecule has 1 aliphatic rings. The summed E-state index contributed by atoms with van der Waals surface area (Å²) in [6.45, 7) is 2.20. The highest BCUT2D eigenvalue weighted by atomic mass is 14.7. The molecule has 0 heterocycles. The SMILES string of the molecule is CCC[C@H](N)C1CC1. The van der Waals surface area contributed by atoms with E-state index in [1.165, 1.54) is 25.7 Å². The van der Waals surface area contributed by atoms with E-state index in [9.17, 15) is 0 Å². The zero-order valence-corrected chi connectivity index (χ0v) is 5.56. The summed E-state index contributed by atoms with van der Waals surface area (Å²) in [4.78, 5) is 0. The highest BCUT2D eigenvalue weighted by molar-refractivity contribution is 4.83. The summed E-state index contributed by atoms with van der Waals surface area (Å²) in [5.74, 6) is 0.898. The standard InChI is InChI=1S/C7H15N/c1-2-3-7(8)6-4-5-6/h6-7H,2-5,8H2,1H3/t7-/m0/s1. The first-order chi connectivity index (χ1) is 3.84. The molecule has 0 saturated heterocycles. The van der Waals surface area contributed by atoms with Gasteiger partial charge in [-0.15, -0.1) is 0 Å². The van der Waals surface area contributed by atoms with Crippen molar-refractivity contribution >= 4 is 0 Å². The smallest absolute Gasteiger partial charge is 0.00670 e. The fourth-order valence-corrected chi connectivity index (χ4v) is 1.09. The normalized spacial score (nSPS) is 23.2. The maximum Gasteiger partial charge on any atom is 0.00670 e. The Morgan fingerprint density at radius 3 is 2.62 bits per heavy atom. The zero-order chi connectivity index (χ0) is 5.98. The summed E-state index contributed by atoms with van der Waals surface area (Å²) < 4.78 is 0. The van der Waals surface area contributed by atoms with Crippen LogP contribution in [0.15, 0.2) is 0 Å². The summed E-state index contributed by atoms with van der Waals surface area (Å²) >= 11 is 0. The predicted octanol–water partition coefficient (Wildman–Crippen LogP) is 1.52. The molecule has 0 aromatic rings. The van der Waals surface area contributed by atoms with Gasteiger partial charge >= 0.3 is 0 Å². The van der Waals surface area contributed by atoms with Crippen LogP contribution in [0.1, 0.15) is 32.6 Å². The topological polar surface area (TPSA) is 26.0 Å². The van der Waals surface area contributed by atoms with E-state index in [-0.39, 0.29) is 0 Å². The molecule has 2 N–H and O–H groups in total. The highest BCUT2D eigenvalue weighted by Gasteiger charge is 2.27. The molecule has 1 nitrogen and oxygen atoms in total. The van der Waals surface area contributed by atoms with Gasteiger partial charge in [0.1, 0.15) is 0 Å². The van der Waals surface area contributed by atoms with E-state index < -0.39 is 0 Å². The van der Waals surface area contributed by atoms with Gasteiger partial charge in [0.05, 0.1) is 0 Å². The van der Waals surface area contributed by atoms with E-state index in [2.05, 4.69) is 6.92 Å². The molecule has 0 radical (unpaired) electrons. The predicted molar refractivity (Wildman–Crippen MR) is 35.6 cm³/mol. The van der Waals surface area contributed by atoms with Crippen molar-refractivity contribution in [3.05, 3.63) is 0 Å². The molecule has 1 rings (SSSR count). The minimum Gasteiger partial charge on any atom is -0.327 e. The van der Waals surface area contributed by atoms with Crippen LogP contribution in [0.25, 0.3) is 0 Å². The summed E-state index contributed by atoms with van der Waals surface area (Å²) in [7, 11) is 0. The Kier molecular flexibility index (Phi) is 1.90. The molecule has 1 atom stereocenters. The van der Waals surface area contributed by atoms with Crippen molar-refractivity contribution in [2.45, 2.75) is 38.6 Å². The van der Waals surface area contributed by atoms with E-state index in [0.717, 1.165) is 5.92 Å². The van der Waals surface area contributed by atoms with Crippen LogP contribution >= 0.6 is 0 Å². The summed E-state index contributed by atoms with van der Waals surface area (Å²) in [5, 5.41) is 0. The van der Waals surface area contributed by atoms with Gasteiger partial charge in [-0.25, -0.2) is 0 Å². The van der Waals surface area contributed by atoms with E-state index in [0.29, 0.717) is 6.04 Å². The molecule has 48 valence electrons. The third-order valence-corrected chi connectivity index (χ3v) is 1.85. The first-order valence-electron chi connectivity index (χ1n) is 3.60. The van der Waals surface area contributed by atoms with Crippen molar-refractivity contribution < 1.29 is 0 Å². The molecular weight excluding hydrogens is 98.1 g/mol. The summed E-state index contributed by atoms with van der Waals surface area (Å²) in [6.07, 6.45) is 5.25. The van der Waals surface area contributed by atoms with Crippen LogP contribution in [-0.4, -0.2) is 6.04 Å². The first kappa shape index (κ1) is 6.09. The maximum atomic E-state index is 5.79. The lowest BCUT2D eigenvalue weighted by atomic mass is 10.1.